The van der Waals surface area contributed by atoms with Gasteiger partial charge in [-0.2, -0.15) is 0 Å². The second-order valence-electron chi connectivity index (χ2n) is 4.91. The van der Waals surface area contributed by atoms with E-state index in [1.54, 1.807) is 12.1 Å². The Kier molecular flexibility index (Phi) is 4.89. The molecule has 1 fully saturated rings. The van der Waals surface area contributed by atoms with Gasteiger partial charge >= 0.3 is 0 Å². The molecule has 2 N–H and O–H groups in total. The first-order valence-corrected chi connectivity index (χ1v) is 7.93. The molecule has 0 saturated heterocycles. The zero-order valence-corrected chi connectivity index (χ0v) is 11.3. The molecule has 1 aromatic rings. The van der Waals surface area contributed by atoms with Gasteiger partial charge in [0.1, 0.15) is 5.82 Å². The molecule has 2 nitrogen and oxygen atoms in total. The van der Waals surface area contributed by atoms with Crippen LogP contribution >= 0.6 is 0 Å². The Hall–Kier alpha value is -0.740. The molecule has 0 spiro atoms. The molecule has 1 saturated carbocycles. The predicted molar refractivity (Wildman–Crippen MR) is 73.0 cm³/mol. The summed E-state index contributed by atoms with van der Waals surface area (Å²) in [6.45, 7) is 0.392. The Labute approximate surface area is 110 Å². The van der Waals surface area contributed by atoms with Gasteiger partial charge < -0.3 is 5.73 Å². The Morgan fingerprint density at radius 1 is 1.28 bits per heavy atom. The van der Waals surface area contributed by atoms with Crippen LogP contribution in [0.25, 0.3) is 0 Å². The molecule has 1 aromatic carbocycles. The van der Waals surface area contributed by atoms with E-state index in [0.29, 0.717) is 17.9 Å². The smallest absolute Gasteiger partial charge is 0.127 e. The van der Waals surface area contributed by atoms with Crippen molar-refractivity contribution in [3.05, 3.63) is 35.1 Å². The Bertz CT molecular complexity index is 430. The molecule has 0 aromatic heterocycles. The minimum Gasteiger partial charge on any atom is -0.326 e. The predicted octanol–water partition coefficient (Wildman–Crippen LogP) is 2.87. The van der Waals surface area contributed by atoms with Gasteiger partial charge in [-0.25, -0.2) is 4.39 Å². The summed E-state index contributed by atoms with van der Waals surface area (Å²) in [5.41, 5.74) is 6.98. The Balaban J connectivity index is 2.05. The van der Waals surface area contributed by atoms with Gasteiger partial charge in [-0.05, 0) is 24.5 Å². The van der Waals surface area contributed by atoms with Gasteiger partial charge in [-0.15, -0.1) is 0 Å². The van der Waals surface area contributed by atoms with Crippen molar-refractivity contribution in [1.29, 1.82) is 0 Å². The van der Waals surface area contributed by atoms with Crippen molar-refractivity contribution in [1.82, 2.24) is 0 Å². The number of nitrogens with two attached hydrogens (primary N) is 1. The highest BCUT2D eigenvalue weighted by Gasteiger charge is 2.20. The minimum atomic E-state index is -0.959. The maximum absolute atomic E-state index is 13.7. The maximum Gasteiger partial charge on any atom is 0.127 e. The molecule has 1 atom stereocenters. The van der Waals surface area contributed by atoms with E-state index in [4.69, 9.17) is 5.73 Å². The van der Waals surface area contributed by atoms with E-state index in [0.717, 1.165) is 31.2 Å². The van der Waals surface area contributed by atoms with Crippen LogP contribution < -0.4 is 5.73 Å². The zero-order valence-electron chi connectivity index (χ0n) is 10.5. The van der Waals surface area contributed by atoms with E-state index < -0.39 is 10.8 Å². The molecular weight excluding hydrogens is 249 g/mol. The first kappa shape index (κ1) is 13.7. The molecule has 18 heavy (non-hydrogen) atoms. The minimum absolute atomic E-state index is 0.250. The van der Waals surface area contributed by atoms with Gasteiger partial charge in [0.2, 0.25) is 0 Å². The third-order valence-electron chi connectivity index (χ3n) is 3.57. The van der Waals surface area contributed by atoms with Crippen LogP contribution in [0.15, 0.2) is 18.2 Å². The van der Waals surface area contributed by atoms with Crippen LogP contribution in [0.5, 0.6) is 0 Å². The van der Waals surface area contributed by atoms with Crippen LogP contribution in [-0.2, 0) is 23.1 Å². The molecule has 1 aliphatic carbocycles. The maximum atomic E-state index is 13.7. The molecule has 0 heterocycles. The van der Waals surface area contributed by atoms with Crippen molar-refractivity contribution in [2.45, 2.75) is 49.7 Å². The van der Waals surface area contributed by atoms with Crippen molar-refractivity contribution in [3.63, 3.8) is 0 Å². The summed E-state index contributed by atoms with van der Waals surface area (Å²) in [6, 6.07) is 4.86. The fourth-order valence-corrected chi connectivity index (χ4v) is 4.09. The van der Waals surface area contributed by atoms with Gasteiger partial charge in [0.25, 0.3) is 0 Å². The lowest BCUT2D eigenvalue weighted by atomic mass is 10.0. The van der Waals surface area contributed by atoms with Crippen molar-refractivity contribution in [2.75, 3.05) is 0 Å². The van der Waals surface area contributed by atoms with E-state index in [1.165, 1.54) is 12.5 Å². The molecule has 2 rings (SSSR count). The Morgan fingerprint density at radius 3 is 2.67 bits per heavy atom. The van der Waals surface area contributed by atoms with Crippen LogP contribution in [0.2, 0.25) is 0 Å². The van der Waals surface area contributed by atoms with Crippen molar-refractivity contribution >= 4 is 10.8 Å². The van der Waals surface area contributed by atoms with Crippen LogP contribution in [-0.4, -0.2) is 9.46 Å². The number of rotatable bonds is 4. The monoisotopic (exact) mass is 269 g/mol. The zero-order chi connectivity index (χ0) is 13.0. The highest BCUT2D eigenvalue weighted by Crippen LogP contribution is 2.24. The summed E-state index contributed by atoms with van der Waals surface area (Å²) < 4.78 is 25.9. The summed E-state index contributed by atoms with van der Waals surface area (Å²) in [4.78, 5) is 0. The van der Waals surface area contributed by atoms with Gasteiger partial charge in [0.05, 0.1) is 5.75 Å². The van der Waals surface area contributed by atoms with E-state index in [1.807, 2.05) is 0 Å². The van der Waals surface area contributed by atoms with E-state index >= 15 is 0 Å². The molecule has 0 aliphatic heterocycles. The van der Waals surface area contributed by atoms with Crippen LogP contribution in [0.3, 0.4) is 0 Å². The van der Waals surface area contributed by atoms with E-state index in [-0.39, 0.29) is 11.1 Å². The molecule has 100 valence electrons. The molecule has 4 heteroatoms. The molecule has 1 aliphatic rings. The lowest BCUT2D eigenvalue weighted by molar-refractivity contribution is 0.504. The topological polar surface area (TPSA) is 43.1 Å². The van der Waals surface area contributed by atoms with E-state index in [2.05, 4.69) is 0 Å². The number of hydrogen-bond donors (Lipinski definition) is 1. The molecule has 0 radical (unpaired) electrons. The summed E-state index contributed by atoms with van der Waals surface area (Å²) in [5.74, 6) is 0.0565. The lowest BCUT2D eigenvalue weighted by Crippen LogP contribution is -2.20. The normalized spacial score (nSPS) is 18.8. The average Bonchev–Trinajstić information content (AvgIpc) is 2.42. The van der Waals surface area contributed by atoms with Crippen molar-refractivity contribution in [3.8, 4) is 0 Å². The fourth-order valence-electron chi connectivity index (χ4n) is 2.46. The summed E-state index contributed by atoms with van der Waals surface area (Å²) in [7, 11) is -0.959. The molecule has 0 bridgehead atoms. The molecule has 1 unspecified atom stereocenters. The highest BCUT2D eigenvalue weighted by molar-refractivity contribution is 7.84. The standard InChI is InChI=1S/C14H20FNOS/c15-14-7-6-11(9-16)8-12(14)10-18(17)13-4-2-1-3-5-13/h6-8,13H,1-5,9-10,16H2. The van der Waals surface area contributed by atoms with Gasteiger partial charge in [-0.1, -0.05) is 31.4 Å². The second kappa shape index (κ2) is 6.43. The summed E-state index contributed by atoms with van der Waals surface area (Å²) in [5, 5.41) is 0.250. The van der Waals surface area contributed by atoms with Crippen molar-refractivity contribution < 1.29 is 8.60 Å². The van der Waals surface area contributed by atoms with Crippen LogP contribution in [0.4, 0.5) is 4.39 Å². The number of halogens is 1. The summed E-state index contributed by atoms with van der Waals surface area (Å²) in [6.07, 6.45) is 5.59. The highest BCUT2D eigenvalue weighted by atomic mass is 32.2. The Morgan fingerprint density at radius 2 is 2.00 bits per heavy atom. The van der Waals surface area contributed by atoms with Gasteiger partial charge in [-0.3, -0.25) is 4.21 Å². The van der Waals surface area contributed by atoms with Crippen molar-refractivity contribution in [2.24, 2.45) is 5.73 Å². The second-order valence-corrected chi connectivity index (χ2v) is 6.63. The largest absolute Gasteiger partial charge is 0.326 e. The quantitative estimate of drug-likeness (QED) is 0.913. The molecular formula is C14H20FNOS. The number of hydrogen-bond acceptors (Lipinski definition) is 2. The SMILES string of the molecule is NCc1ccc(F)c(CS(=O)C2CCCCC2)c1. The lowest BCUT2D eigenvalue weighted by Gasteiger charge is -2.21. The first-order chi connectivity index (χ1) is 8.70. The summed E-state index contributed by atoms with van der Waals surface area (Å²) >= 11 is 0. The van der Waals surface area contributed by atoms with Gasteiger partial charge in [0, 0.05) is 28.2 Å². The average molecular weight is 269 g/mol. The first-order valence-electron chi connectivity index (χ1n) is 6.55. The van der Waals surface area contributed by atoms with E-state index in [9.17, 15) is 8.60 Å². The van der Waals surface area contributed by atoms with Crippen LogP contribution in [0, 0.1) is 5.82 Å². The third-order valence-corrected chi connectivity index (χ3v) is 5.38. The third kappa shape index (κ3) is 3.39. The number of benzene rings is 1. The fraction of sp³-hybridized carbons (Fsp3) is 0.571. The van der Waals surface area contributed by atoms with Crippen LogP contribution in [0.1, 0.15) is 43.2 Å². The van der Waals surface area contributed by atoms with Gasteiger partial charge in [0.15, 0.2) is 0 Å². The molecule has 0 amide bonds.